The number of benzene rings is 1. The number of amides is 1. The van der Waals surface area contributed by atoms with Crippen LogP contribution in [0.3, 0.4) is 0 Å². The third-order valence-electron chi connectivity index (χ3n) is 2.80. The van der Waals surface area contributed by atoms with Gasteiger partial charge in [-0.3, -0.25) is 4.79 Å². The van der Waals surface area contributed by atoms with Crippen molar-refractivity contribution in [1.82, 2.24) is 5.32 Å². The predicted molar refractivity (Wildman–Crippen MR) is 77.6 cm³/mol. The Labute approximate surface area is 117 Å². The van der Waals surface area contributed by atoms with Crippen molar-refractivity contribution in [3.63, 3.8) is 0 Å². The molecule has 1 N–H and O–H groups in total. The van der Waals surface area contributed by atoms with Crippen LogP contribution in [-0.4, -0.2) is 12.5 Å². The highest BCUT2D eigenvalue weighted by Crippen LogP contribution is 2.18. The van der Waals surface area contributed by atoms with Crippen molar-refractivity contribution >= 4 is 17.2 Å². The Kier molecular flexibility index (Phi) is 4.58. The smallest absolute Gasteiger partial charge is 0.258 e. The Morgan fingerprint density at radius 3 is 2.79 bits per heavy atom. The molecule has 0 saturated carbocycles. The molecule has 100 valence electrons. The van der Waals surface area contributed by atoms with Gasteiger partial charge in [0, 0.05) is 4.88 Å². The average Bonchev–Trinajstić information content (AvgIpc) is 2.91. The number of hydrogen-bond donors (Lipinski definition) is 1. The van der Waals surface area contributed by atoms with Gasteiger partial charge in [0.1, 0.15) is 5.75 Å². The number of ether oxygens (including phenoxy) is 1. The number of rotatable bonds is 5. The molecule has 0 fully saturated rings. The van der Waals surface area contributed by atoms with Gasteiger partial charge in [-0.1, -0.05) is 24.3 Å². The Bertz CT molecular complexity index is 537. The van der Waals surface area contributed by atoms with Crippen molar-refractivity contribution in [2.24, 2.45) is 0 Å². The SMILES string of the molecule is Cc1ccccc1OCC(=O)N[C@@H](C)c1cccs1. The van der Waals surface area contributed by atoms with Gasteiger partial charge in [0.2, 0.25) is 0 Å². The van der Waals surface area contributed by atoms with Gasteiger partial charge in [0.25, 0.3) is 5.91 Å². The summed E-state index contributed by atoms with van der Waals surface area (Å²) in [6.45, 7) is 3.97. The molecule has 1 heterocycles. The van der Waals surface area contributed by atoms with E-state index in [1.54, 1.807) is 11.3 Å². The molecule has 2 rings (SSSR count). The molecule has 2 aromatic rings. The summed E-state index contributed by atoms with van der Waals surface area (Å²) < 4.78 is 5.51. The molecule has 1 atom stereocenters. The lowest BCUT2D eigenvalue weighted by atomic mass is 10.2. The van der Waals surface area contributed by atoms with Gasteiger partial charge in [-0.15, -0.1) is 11.3 Å². The van der Waals surface area contributed by atoms with Gasteiger partial charge in [-0.2, -0.15) is 0 Å². The number of para-hydroxylation sites is 1. The van der Waals surface area contributed by atoms with E-state index in [1.165, 1.54) is 0 Å². The van der Waals surface area contributed by atoms with Gasteiger partial charge in [0.15, 0.2) is 6.61 Å². The van der Waals surface area contributed by atoms with Crippen LogP contribution in [0.25, 0.3) is 0 Å². The van der Waals surface area contributed by atoms with Gasteiger partial charge in [-0.25, -0.2) is 0 Å². The molecule has 0 spiro atoms. The fraction of sp³-hybridized carbons (Fsp3) is 0.267. The van der Waals surface area contributed by atoms with Gasteiger partial charge in [-0.05, 0) is 36.9 Å². The van der Waals surface area contributed by atoms with Crippen molar-refractivity contribution in [2.75, 3.05) is 6.61 Å². The highest BCUT2D eigenvalue weighted by atomic mass is 32.1. The molecule has 1 amide bonds. The van der Waals surface area contributed by atoms with Crippen molar-refractivity contribution in [3.8, 4) is 5.75 Å². The monoisotopic (exact) mass is 275 g/mol. The van der Waals surface area contributed by atoms with E-state index in [9.17, 15) is 4.79 Å². The molecule has 4 heteroatoms. The molecule has 0 aliphatic heterocycles. The van der Waals surface area contributed by atoms with E-state index in [1.807, 2.05) is 55.6 Å². The zero-order valence-electron chi connectivity index (χ0n) is 11.1. The standard InChI is InChI=1S/C15H17NO2S/c1-11-6-3-4-7-13(11)18-10-15(17)16-12(2)14-8-5-9-19-14/h3-9,12H,10H2,1-2H3,(H,16,17)/t12-/m0/s1. The lowest BCUT2D eigenvalue weighted by Crippen LogP contribution is -2.30. The Balaban J connectivity index is 1.84. The minimum Gasteiger partial charge on any atom is -0.484 e. The summed E-state index contributed by atoms with van der Waals surface area (Å²) in [4.78, 5) is 12.9. The largest absolute Gasteiger partial charge is 0.484 e. The maximum absolute atomic E-state index is 11.8. The molecule has 1 aromatic heterocycles. The summed E-state index contributed by atoms with van der Waals surface area (Å²) >= 11 is 1.63. The average molecular weight is 275 g/mol. The van der Waals surface area contributed by atoms with Crippen molar-refractivity contribution in [2.45, 2.75) is 19.9 Å². The molecule has 1 aromatic carbocycles. The first kappa shape index (κ1) is 13.6. The van der Waals surface area contributed by atoms with E-state index in [4.69, 9.17) is 4.74 Å². The third kappa shape index (κ3) is 3.83. The van der Waals surface area contributed by atoms with Gasteiger partial charge in [0.05, 0.1) is 6.04 Å². The van der Waals surface area contributed by atoms with Crippen LogP contribution in [0.4, 0.5) is 0 Å². The number of aryl methyl sites for hydroxylation is 1. The van der Waals surface area contributed by atoms with Crippen LogP contribution in [0, 0.1) is 6.92 Å². The first-order valence-corrected chi connectivity index (χ1v) is 7.06. The number of nitrogens with one attached hydrogen (secondary N) is 1. The summed E-state index contributed by atoms with van der Waals surface area (Å²) in [5.41, 5.74) is 1.03. The molecule has 0 unspecified atom stereocenters. The maximum Gasteiger partial charge on any atom is 0.258 e. The van der Waals surface area contributed by atoms with Crippen LogP contribution in [0.5, 0.6) is 5.75 Å². The van der Waals surface area contributed by atoms with Crippen LogP contribution in [0.1, 0.15) is 23.4 Å². The van der Waals surface area contributed by atoms with Crippen LogP contribution in [-0.2, 0) is 4.79 Å². The zero-order valence-corrected chi connectivity index (χ0v) is 11.9. The first-order valence-electron chi connectivity index (χ1n) is 6.18. The van der Waals surface area contributed by atoms with E-state index in [0.29, 0.717) is 0 Å². The molecule has 3 nitrogen and oxygen atoms in total. The highest BCUT2D eigenvalue weighted by Gasteiger charge is 2.11. The van der Waals surface area contributed by atoms with Crippen molar-refractivity contribution < 1.29 is 9.53 Å². The summed E-state index contributed by atoms with van der Waals surface area (Å²) in [6.07, 6.45) is 0. The minimum atomic E-state index is -0.107. The van der Waals surface area contributed by atoms with Gasteiger partial charge >= 0.3 is 0 Å². The van der Waals surface area contributed by atoms with E-state index < -0.39 is 0 Å². The first-order chi connectivity index (χ1) is 9.16. The van der Waals surface area contributed by atoms with Crippen molar-refractivity contribution in [3.05, 3.63) is 52.2 Å². The van der Waals surface area contributed by atoms with E-state index in [2.05, 4.69) is 5.32 Å². The van der Waals surface area contributed by atoms with E-state index >= 15 is 0 Å². The Morgan fingerprint density at radius 2 is 2.11 bits per heavy atom. The Hall–Kier alpha value is -1.81. The maximum atomic E-state index is 11.8. The highest BCUT2D eigenvalue weighted by molar-refractivity contribution is 7.10. The molecule has 0 saturated heterocycles. The zero-order chi connectivity index (χ0) is 13.7. The third-order valence-corrected chi connectivity index (χ3v) is 3.85. The molecule has 0 aliphatic rings. The van der Waals surface area contributed by atoms with Crippen LogP contribution >= 0.6 is 11.3 Å². The summed E-state index contributed by atoms with van der Waals surface area (Å²) in [6, 6.07) is 11.7. The molecular weight excluding hydrogens is 258 g/mol. The number of thiophene rings is 1. The second-order valence-electron chi connectivity index (χ2n) is 4.36. The number of carbonyl (C=O) groups is 1. The molecule has 0 bridgehead atoms. The van der Waals surface area contributed by atoms with E-state index in [-0.39, 0.29) is 18.6 Å². The molecule has 0 radical (unpaired) electrons. The quantitative estimate of drug-likeness (QED) is 0.909. The summed E-state index contributed by atoms with van der Waals surface area (Å²) in [7, 11) is 0. The number of carbonyl (C=O) groups excluding carboxylic acids is 1. The Morgan fingerprint density at radius 1 is 1.32 bits per heavy atom. The fourth-order valence-corrected chi connectivity index (χ4v) is 2.49. The summed E-state index contributed by atoms with van der Waals surface area (Å²) in [5, 5.41) is 4.92. The van der Waals surface area contributed by atoms with Crippen molar-refractivity contribution in [1.29, 1.82) is 0 Å². The molecule has 0 aliphatic carbocycles. The predicted octanol–water partition coefficient (Wildman–Crippen LogP) is 3.31. The minimum absolute atomic E-state index is 0.0213. The van der Waals surface area contributed by atoms with Crippen LogP contribution in [0.15, 0.2) is 41.8 Å². The normalized spacial score (nSPS) is 11.9. The van der Waals surface area contributed by atoms with Gasteiger partial charge < -0.3 is 10.1 Å². The fourth-order valence-electron chi connectivity index (χ4n) is 1.75. The molecule has 19 heavy (non-hydrogen) atoms. The topological polar surface area (TPSA) is 38.3 Å². The van der Waals surface area contributed by atoms with Crippen LogP contribution < -0.4 is 10.1 Å². The van der Waals surface area contributed by atoms with Crippen LogP contribution in [0.2, 0.25) is 0 Å². The number of hydrogen-bond acceptors (Lipinski definition) is 3. The van der Waals surface area contributed by atoms with E-state index in [0.717, 1.165) is 16.2 Å². The second kappa shape index (κ2) is 6.38. The lowest BCUT2D eigenvalue weighted by molar-refractivity contribution is -0.123. The lowest BCUT2D eigenvalue weighted by Gasteiger charge is -2.13. The second-order valence-corrected chi connectivity index (χ2v) is 5.34. The summed E-state index contributed by atoms with van der Waals surface area (Å²) in [5.74, 6) is 0.644. The molecular formula is C15H17NO2S.